The van der Waals surface area contributed by atoms with Crippen molar-refractivity contribution >= 4 is 46.6 Å². The van der Waals surface area contributed by atoms with Crippen molar-refractivity contribution in [2.24, 2.45) is 12.0 Å². The van der Waals surface area contributed by atoms with Crippen molar-refractivity contribution in [1.29, 1.82) is 0 Å². The third-order valence-electron chi connectivity index (χ3n) is 5.27. The lowest BCUT2D eigenvalue weighted by atomic mass is 10.1. The molecule has 1 atom stereocenters. The summed E-state index contributed by atoms with van der Waals surface area (Å²) in [5.74, 6) is 1.85. The van der Waals surface area contributed by atoms with Crippen molar-refractivity contribution in [2.45, 2.75) is 32.2 Å². The van der Waals surface area contributed by atoms with E-state index in [1.807, 2.05) is 36.1 Å². The summed E-state index contributed by atoms with van der Waals surface area (Å²) < 4.78 is 7.76. The van der Waals surface area contributed by atoms with E-state index in [1.165, 1.54) is 5.69 Å². The van der Waals surface area contributed by atoms with E-state index >= 15 is 0 Å². The Morgan fingerprint density at radius 3 is 2.97 bits per heavy atom. The van der Waals surface area contributed by atoms with Gasteiger partial charge in [-0.25, -0.2) is 0 Å². The van der Waals surface area contributed by atoms with Gasteiger partial charge in [-0.05, 0) is 31.9 Å². The van der Waals surface area contributed by atoms with Crippen molar-refractivity contribution in [2.75, 3.05) is 31.1 Å². The molecule has 3 heterocycles. The molecule has 2 N–H and O–H groups in total. The molecule has 1 saturated heterocycles. The smallest absolute Gasteiger partial charge is 0.191 e. The number of benzene rings is 1. The lowest BCUT2D eigenvalue weighted by Crippen LogP contribution is -2.51. The molecule has 0 radical (unpaired) electrons. The molecule has 2 aromatic heterocycles. The van der Waals surface area contributed by atoms with E-state index in [1.54, 1.807) is 0 Å². The van der Waals surface area contributed by atoms with E-state index in [-0.39, 0.29) is 24.0 Å². The molecule has 0 spiro atoms. The quantitative estimate of drug-likeness (QED) is 0.295. The highest BCUT2D eigenvalue weighted by Crippen LogP contribution is 2.20. The first kappa shape index (κ1) is 22.5. The maximum absolute atomic E-state index is 5.90. The lowest BCUT2D eigenvalue weighted by molar-refractivity contribution is 0.468. The van der Waals surface area contributed by atoms with E-state index in [9.17, 15) is 0 Å². The molecule has 1 fully saturated rings. The van der Waals surface area contributed by atoms with Gasteiger partial charge in [-0.3, -0.25) is 9.67 Å². The number of rotatable bonds is 6. The van der Waals surface area contributed by atoms with Gasteiger partial charge >= 0.3 is 0 Å². The highest BCUT2D eigenvalue weighted by Gasteiger charge is 2.21. The number of guanidine groups is 1. The van der Waals surface area contributed by atoms with Crippen LogP contribution in [0.3, 0.4) is 0 Å². The molecule has 1 aliphatic rings. The fraction of sp³-hybridized carbons (Fsp3) is 0.455. The van der Waals surface area contributed by atoms with Crippen LogP contribution in [0.5, 0.6) is 0 Å². The van der Waals surface area contributed by atoms with Crippen LogP contribution < -0.4 is 15.5 Å². The van der Waals surface area contributed by atoms with Crippen LogP contribution in [0, 0.1) is 0 Å². The van der Waals surface area contributed by atoms with Crippen LogP contribution in [0.2, 0.25) is 0 Å². The monoisotopic (exact) mass is 522 g/mol. The molecule has 0 bridgehead atoms. The summed E-state index contributed by atoms with van der Waals surface area (Å²) in [5.41, 5.74) is 2.13. The standard InChI is InChI=1S/C22H30N6O.HI/c1-3-23-22(24-11-10-20-13-17-7-4-5-9-21(17)29-20)26-18-8-6-12-28(15-18)19-14-25-27(2)16-19;/h4-5,7,9,13-14,16,18H,3,6,8,10-12,15H2,1-2H3,(H2,23,24,26);1H. The van der Waals surface area contributed by atoms with Gasteiger partial charge in [0.1, 0.15) is 11.3 Å². The van der Waals surface area contributed by atoms with Gasteiger partial charge in [0.25, 0.3) is 0 Å². The number of halogens is 1. The zero-order valence-electron chi connectivity index (χ0n) is 17.7. The second-order valence-electron chi connectivity index (χ2n) is 7.56. The Hall–Kier alpha value is -2.23. The van der Waals surface area contributed by atoms with Gasteiger partial charge < -0.3 is 20.0 Å². The molecule has 0 saturated carbocycles. The number of furan rings is 1. The van der Waals surface area contributed by atoms with Gasteiger partial charge in [0.2, 0.25) is 0 Å². The van der Waals surface area contributed by atoms with Crippen LogP contribution in [-0.4, -0.2) is 48.0 Å². The molecule has 7 nitrogen and oxygen atoms in total. The molecule has 162 valence electrons. The molecule has 1 unspecified atom stereocenters. The van der Waals surface area contributed by atoms with E-state index in [2.05, 4.69) is 45.9 Å². The largest absolute Gasteiger partial charge is 0.461 e. The van der Waals surface area contributed by atoms with E-state index in [0.717, 1.165) is 61.6 Å². The first-order valence-corrected chi connectivity index (χ1v) is 10.5. The molecule has 4 rings (SSSR count). The minimum Gasteiger partial charge on any atom is -0.461 e. The molecule has 3 aromatic rings. The molecule has 0 amide bonds. The second kappa shape index (κ2) is 10.7. The number of piperidine rings is 1. The average Bonchev–Trinajstić information content (AvgIpc) is 3.34. The zero-order valence-corrected chi connectivity index (χ0v) is 20.0. The highest BCUT2D eigenvalue weighted by molar-refractivity contribution is 14.0. The number of aromatic nitrogens is 2. The van der Waals surface area contributed by atoms with Crippen LogP contribution in [-0.2, 0) is 13.5 Å². The highest BCUT2D eigenvalue weighted by atomic mass is 127. The summed E-state index contributed by atoms with van der Waals surface area (Å²) in [6.45, 7) is 5.66. The van der Waals surface area contributed by atoms with Crippen LogP contribution in [0.25, 0.3) is 11.0 Å². The summed E-state index contributed by atoms with van der Waals surface area (Å²) >= 11 is 0. The van der Waals surface area contributed by atoms with Gasteiger partial charge in [0.15, 0.2) is 5.96 Å². The van der Waals surface area contributed by atoms with E-state index < -0.39 is 0 Å². The maximum Gasteiger partial charge on any atom is 0.191 e. The third-order valence-corrected chi connectivity index (χ3v) is 5.27. The molecule has 0 aliphatic carbocycles. The summed E-state index contributed by atoms with van der Waals surface area (Å²) in [6.07, 6.45) is 7.11. The predicted molar refractivity (Wildman–Crippen MR) is 133 cm³/mol. The number of nitrogens with zero attached hydrogens (tertiary/aromatic N) is 4. The first-order valence-electron chi connectivity index (χ1n) is 10.5. The van der Waals surface area contributed by atoms with Gasteiger partial charge in [0.05, 0.1) is 11.9 Å². The Morgan fingerprint density at radius 2 is 2.20 bits per heavy atom. The molecular weight excluding hydrogens is 491 g/mol. The van der Waals surface area contributed by atoms with Crippen LogP contribution >= 0.6 is 24.0 Å². The Morgan fingerprint density at radius 1 is 1.33 bits per heavy atom. The summed E-state index contributed by atoms with van der Waals surface area (Å²) in [5, 5.41) is 12.4. The lowest BCUT2D eigenvalue weighted by Gasteiger charge is -2.34. The number of para-hydroxylation sites is 1. The van der Waals surface area contributed by atoms with Crippen LogP contribution in [0.4, 0.5) is 5.69 Å². The molecule has 30 heavy (non-hydrogen) atoms. The van der Waals surface area contributed by atoms with Gasteiger partial charge in [0, 0.05) is 57.3 Å². The number of nitrogens with one attached hydrogen (secondary N) is 2. The Balaban J connectivity index is 0.00000256. The van der Waals surface area contributed by atoms with Gasteiger partial charge in [-0.1, -0.05) is 18.2 Å². The minimum atomic E-state index is 0. The van der Waals surface area contributed by atoms with Crippen LogP contribution in [0.15, 0.2) is 52.1 Å². The summed E-state index contributed by atoms with van der Waals surface area (Å²) in [4.78, 5) is 7.17. The molecule has 1 aliphatic heterocycles. The number of aryl methyl sites for hydroxylation is 1. The first-order chi connectivity index (χ1) is 14.2. The normalized spacial score (nSPS) is 17.1. The number of anilines is 1. The fourth-order valence-electron chi connectivity index (χ4n) is 3.85. The average molecular weight is 522 g/mol. The topological polar surface area (TPSA) is 70.6 Å². The van der Waals surface area contributed by atoms with Crippen molar-refractivity contribution in [1.82, 2.24) is 20.4 Å². The van der Waals surface area contributed by atoms with Gasteiger partial charge in [-0.15, -0.1) is 24.0 Å². The molecule has 8 heteroatoms. The molecular formula is C22H31IN6O. The van der Waals surface area contributed by atoms with Crippen molar-refractivity contribution in [3.05, 3.63) is 48.5 Å². The zero-order chi connectivity index (χ0) is 20.1. The van der Waals surface area contributed by atoms with E-state index in [0.29, 0.717) is 12.6 Å². The number of fused-ring (bicyclic) bond motifs is 1. The summed E-state index contributed by atoms with van der Waals surface area (Å²) in [7, 11) is 1.96. The van der Waals surface area contributed by atoms with Crippen molar-refractivity contribution < 1.29 is 4.42 Å². The Labute approximate surface area is 194 Å². The Kier molecular flexibility index (Phi) is 8.01. The van der Waals surface area contributed by atoms with Crippen molar-refractivity contribution in [3.8, 4) is 0 Å². The third kappa shape index (κ3) is 5.68. The number of aliphatic imine (C=N–C) groups is 1. The Bertz CT molecular complexity index is 932. The van der Waals surface area contributed by atoms with Crippen LogP contribution in [0.1, 0.15) is 25.5 Å². The second-order valence-corrected chi connectivity index (χ2v) is 7.56. The summed E-state index contributed by atoms with van der Waals surface area (Å²) in [6, 6.07) is 10.6. The number of hydrogen-bond donors (Lipinski definition) is 2. The maximum atomic E-state index is 5.90. The SMILES string of the molecule is CCNC(=NCCc1cc2ccccc2o1)NC1CCCN(c2cnn(C)c2)C1.I. The molecule has 1 aromatic carbocycles. The fourth-order valence-corrected chi connectivity index (χ4v) is 3.85. The van der Waals surface area contributed by atoms with Gasteiger partial charge in [-0.2, -0.15) is 5.10 Å². The van der Waals surface area contributed by atoms with Crippen molar-refractivity contribution in [3.63, 3.8) is 0 Å². The van der Waals surface area contributed by atoms with E-state index in [4.69, 9.17) is 9.41 Å². The number of hydrogen-bond acceptors (Lipinski definition) is 4. The predicted octanol–water partition coefficient (Wildman–Crippen LogP) is 3.55. The minimum absolute atomic E-state index is 0.